The van der Waals surface area contributed by atoms with Gasteiger partial charge in [-0.05, 0) is 38.0 Å². The predicted molar refractivity (Wildman–Crippen MR) is 85.8 cm³/mol. The number of aromatic nitrogens is 1. The maximum absolute atomic E-state index is 13.8. The van der Waals surface area contributed by atoms with Crippen molar-refractivity contribution in [3.8, 4) is 5.75 Å². The fraction of sp³-hybridized carbons (Fsp3) is 0.353. The normalized spacial score (nSPS) is 11.8. The molecule has 2 aromatic rings. The Morgan fingerprint density at radius 3 is 2.64 bits per heavy atom. The summed E-state index contributed by atoms with van der Waals surface area (Å²) in [6, 6.07) is 2.40. The standard InChI is InChI=1S/C17H19FN2O5/c1-9-12(10(2)25-20-9)5-7-15(21)19-16(17(22)23)11-4-6-14(24-3)13(18)8-11/h4,6,8,16H,5,7H2,1-3H3,(H,19,21)(H,22,23). The van der Waals surface area contributed by atoms with E-state index >= 15 is 0 Å². The number of rotatable bonds is 7. The van der Waals surface area contributed by atoms with Gasteiger partial charge in [-0.3, -0.25) is 4.79 Å². The van der Waals surface area contributed by atoms with E-state index in [9.17, 15) is 19.1 Å². The van der Waals surface area contributed by atoms with Gasteiger partial charge in [0.1, 0.15) is 5.76 Å². The molecule has 2 N–H and O–H groups in total. The van der Waals surface area contributed by atoms with Crippen LogP contribution in [-0.2, 0) is 16.0 Å². The molecule has 0 fully saturated rings. The second kappa shape index (κ2) is 7.78. The van der Waals surface area contributed by atoms with Crippen LogP contribution in [0.4, 0.5) is 4.39 Å². The Balaban J connectivity index is 2.07. The number of carbonyl (C=O) groups is 2. The zero-order chi connectivity index (χ0) is 18.6. The molecule has 0 aliphatic carbocycles. The highest BCUT2D eigenvalue weighted by Gasteiger charge is 2.23. The van der Waals surface area contributed by atoms with Gasteiger partial charge in [0.25, 0.3) is 0 Å². The number of nitrogens with one attached hydrogen (secondary N) is 1. The molecule has 134 valence electrons. The first-order valence-corrected chi connectivity index (χ1v) is 7.60. The number of nitrogens with zero attached hydrogens (tertiary/aromatic N) is 1. The fourth-order valence-electron chi connectivity index (χ4n) is 2.48. The number of aryl methyl sites for hydroxylation is 2. The van der Waals surface area contributed by atoms with Crippen LogP contribution in [0.3, 0.4) is 0 Å². The summed E-state index contributed by atoms with van der Waals surface area (Å²) in [7, 11) is 1.31. The van der Waals surface area contributed by atoms with Crippen LogP contribution in [0, 0.1) is 19.7 Å². The summed E-state index contributed by atoms with van der Waals surface area (Å²) in [5, 5.41) is 15.5. The maximum atomic E-state index is 13.8. The van der Waals surface area contributed by atoms with Crippen molar-refractivity contribution in [2.24, 2.45) is 0 Å². The first-order chi connectivity index (χ1) is 11.8. The number of carboxylic acids is 1. The third-order valence-corrected chi connectivity index (χ3v) is 3.84. The third kappa shape index (κ3) is 4.34. The third-order valence-electron chi connectivity index (χ3n) is 3.84. The van der Waals surface area contributed by atoms with Crippen LogP contribution in [0.5, 0.6) is 5.75 Å². The van der Waals surface area contributed by atoms with Gasteiger partial charge in [-0.25, -0.2) is 9.18 Å². The molecule has 0 bridgehead atoms. The Labute approximate surface area is 143 Å². The summed E-state index contributed by atoms with van der Waals surface area (Å²) in [5.41, 5.74) is 1.63. The molecule has 0 aliphatic heterocycles. The molecular weight excluding hydrogens is 331 g/mol. The van der Waals surface area contributed by atoms with Gasteiger partial charge in [0.05, 0.1) is 12.8 Å². The molecule has 1 amide bonds. The number of carbonyl (C=O) groups excluding carboxylic acids is 1. The van der Waals surface area contributed by atoms with Crippen LogP contribution < -0.4 is 10.1 Å². The minimum absolute atomic E-state index is 0.00220. The van der Waals surface area contributed by atoms with E-state index in [0.29, 0.717) is 17.9 Å². The van der Waals surface area contributed by atoms with E-state index in [1.807, 2.05) is 0 Å². The lowest BCUT2D eigenvalue weighted by atomic mass is 10.0. The van der Waals surface area contributed by atoms with E-state index in [2.05, 4.69) is 10.5 Å². The first kappa shape index (κ1) is 18.4. The number of halogens is 1. The zero-order valence-corrected chi connectivity index (χ0v) is 14.1. The summed E-state index contributed by atoms with van der Waals surface area (Å²) in [5.74, 6) is -1.83. The number of carboxylic acid groups (broad SMARTS) is 1. The first-order valence-electron chi connectivity index (χ1n) is 7.60. The Bertz CT molecular complexity index is 768. The lowest BCUT2D eigenvalue weighted by molar-refractivity contribution is -0.142. The Morgan fingerprint density at radius 2 is 2.12 bits per heavy atom. The summed E-state index contributed by atoms with van der Waals surface area (Å²) in [6.45, 7) is 3.51. The van der Waals surface area contributed by atoms with Gasteiger partial charge in [-0.2, -0.15) is 0 Å². The van der Waals surface area contributed by atoms with Crippen molar-refractivity contribution in [1.82, 2.24) is 10.5 Å². The van der Waals surface area contributed by atoms with E-state index in [0.717, 1.165) is 11.6 Å². The minimum atomic E-state index is -1.35. The molecule has 1 atom stereocenters. The van der Waals surface area contributed by atoms with Gasteiger partial charge in [-0.1, -0.05) is 11.2 Å². The second-order valence-corrected chi connectivity index (χ2v) is 5.54. The predicted octanol–water partition coefficient (Wildman–Crippen LogP) is 2.31. The molecular formula is C17H19FN2O5. The fourth-order valence-corrected chi connectivity index (χ4v) is 2.48. The molecule has 1 heterocycles. The highest BCUT2D eigenvalue weighted by Crippen LogP contribution is 2.22. The van der Waals surface area contributed by atoms with Crippen LogP contribution in [0.2, 0.25) is 0 Å². The highest BCUT2D eigenvalue weighted by molar-refractivity contribution is 5.84. The number of benzene rings is 1. The number of amides is 1. The smallest absolute Gasteiger partial charge is 0.330 e. The van der Waals surface area contributed by atoms with Crippen molar-refractivity contribution < 1.29 is 28.3 Å². The van der Waals surface area contributed by atoms with E-state index < -0.39 is 23.7 Å². The number of aliphatic carboxylic acids is 1. The number of ether oxygens (including phenoxy) is 1. The largest absolute Gasteiger partial charge is 0.494 e. The summed E-state index contributed by atoms with van der Waals surface area (Å²) < 4.78 is 23.6. The van der Waals surface area contributed by atoms with Crippen molar-refractivity contribution in [2.75, 3.05) is 7.11 Å². The average molecular weight is 350 g/mol. The van der Waals surface area contributed by atoms with Gasteiger partial charge in [0, 0.05) is 12.0 Å². The van der Waals surface area contributed by atoms with Gasteiger partial charge >= 0.3 is 5.97 Å². The topological polar surface area (TPSA) is 102 Å². The number of hydrogen-bond acceptors (Lipinski definition) is 5. The van der Waals surface area contributed by atoms with Crippen LogP contribution in [0.1, 0.15) is 35.0 Å². The van der Waals surface area contributed by atoms with Gasteiger partial charge in [0.15, 0.2) is 17.6 Å². The van der Waals surface area contributed by atoms with Gasteiger partial charge in [-0.15, -0.1) is 0 Å². The summed E-state index contributed by atoms with van der Waals surface area (Å²) in [4.78, 5) is 23.6. The summed E-state index contributed by atoms with van der Waals surface area (Å²) in [6.07, 6.45) is 0.432. The molecule has 1 aromatic heterocycles. The lowest BCUT2D eigenvalue weighted by Gasteiger charge is -2.15. The highest BCUT2D eigenvalue weighted by atomic mass is 19.1. The van der Waals surface area contributed by atoms with E-state index in [-0.39, 0.29) is 17.7 Å². The molecule has 1 unspecified atom stereocenters. The molecule has 0 saturated carbocycles. The van der Waals surface area contributed by atoms with Gasteiger partial charge < -0.3 is 19.7 Å². The molecule has 8 heteroatoms. The molecule has 0 radical (unpaired) electrons. The van der Waals surface area contributed by atoms with E-state index in [1.54, 1.807) is 13.8 Å². The molecule has 0 saturated heterocycles. The number of hydrogen-bond donors (Lipinski definition) is 2. The van der Waals surface area contributed by atoms with Crippen molar-refractivity contribution in [2.45, 2.75) is 32.7 Å². The Hall–Kier alpha value is -2.90. The van der Waals surface area contributed by atoms with Gasteiger partial charge in [0.2, 0.25) is 5.91 Å². The number of methoxy groups -OCH3 is 1. The van der Waals surface area contributed by atoms with Crippen molar-refractivity contribution in [1.29, 1.82) is 0 Å². The molecule has 0 aliphatic rings. The van der Waals surface area contributed by atoms with Crippen LogP contribution >= 0.6 is 0 Å². The van der Waals surface area contributed by atoms with Crippen molar-refractivity contribution in [3.05, 3.63) is 46.6 Å². The van der Waals surface area contributed by atoms with Crippen molar-refractivity contribution in [3.63, 3.8) is 0 Å². The quantitative estimate of drug-likeness (QED) is 0.794. The minimum Gasteiger partial charge on any atom is -0.494 e. The molecule has 25 heavy (non-hydrogen) atoms. The van der Waals surface area contributed by atoms with Crippen LogP contribution in [0.25, 0.3) is 0 Å². The Kier molecular flexibility index (Phi) is 5.74. The second-order valence-electron chi connectivity index (χ2n) is 5.54. The molecule has 7 nitrogen and oxygen atoms in total. The van der Waals surface area contributed by atoms with Crippen LogP contribution in [-0.4, -0.2) is 29.2 Å². The average Bonchev–Trinajstić information content (AvgIpc) is 2.88. The zero-order valence-electron chi connectivity index (χ0n) is 14.1. The van der Waals surface area contributed by atoms with Crippen molar-refractivity contribution >= 4 is 11.9 Å². The monoisotopic (exact) mass is 350 g/mol. The summed E-state index contributed by atoms with van der Waals surface area (Å²) >= 11 is 0. The van der Waals surface area contributed by atoms with Crippen LogP contribution in [0.15, 0.2) is 22.7 Å². The van der Waals surface area contributed by atoms with E-state index in [4.69, 9.17) is 9.26 Å². The SMILES string of the molecule is COc1ccc(C(NC(=O)CCc2c(C)noc2C)C(=O)O)cc1F. The molecule has 0 spiro atoms. The van der Waals surface area contributed by atoms with E-state index in [1.165, 1.54) is 19.2 Å². The lowest BCUT2D eigenvalue weighted by Crippen LogP contribution is -2.34. The Morgan fingerprint density at radius 1 is 1.40 bits per heavy atom. The molecule has 1 aromatic carbocycles. The molecule has 2 rings (SSSR count). The maximum Gasteiger partial charge on any atom is 0.330 e.